The molecule has 0 amide bonds. The molecule has 0 unspecified atom stereocenters. The normalized spacial score (nSPS) is 13.8. The Hall–Kier alpha value is -1.43. The number of carbonyl (C=O) groups is 1. The molecule has 1 aromatic carbocycles. The molecule has 0 saturated carbocycles. The SMILES string of the molecule is Cl.N[C@@H](C=C[C@@H](O)Cc1ccc(F)cc1)CCC(=O)O. The highest BCUT2D eigenvalue weighted by atomic mass is 35.5. The summed E-state index contributed by atoms with van der Waals surface area (Å²) in [5, 5.41) is 18.2. The number of hydrogen-bond acceptors (Lipinski definition) is 3. The van der Waals surface area contributed by atoms with Gasteiger partial charge in [-0.1, -0.05) is 24.3 Å². The summed E-state index contributed by atoms with van der Waals surface area (Å²) in [4.78, 5) is 10.4. The Kier molecular flexibility index (Phi) is 8.79. The number of aliphatic carboxylic acids is 1. The lowest BCUT2D eigenvalue weighted by Crippen LogP contribution is -2.19. The highest BCUT2D eigenvalue weighted by Crippen LogP contribution is 2.07. The third-order valence-corrected chi connectivity index (χ3v) is 2.63. The molecule has 0 radical (unpaired) electrons. The minimum atomic E-state index is -0.893. The van der Waals surface area contributed by atoms with Crippen LogP contribution in [-0.4, -0.2) is 28.3 Å². The van der Waals surface area contributed by atoms with Gasteiger partial charge >= 0.3 is 5.97 Å². The second-order valence-electron chi connectivity index (χ2n) is 4.38. The van der Waals surface area contributed by atoms with E-state index in [0.29, 0.717) is 12.8 Å². The van der Waals surface area contributed by atoms with Crippen molar-refractivity contribution in [3.05, 3.63) is 47.8 Å². The minimum absolute atomic E-state index is 0. The first kappa shape index (κ1) is 18.6. The number of carboxylic acid groups (broad SMARTS) is 1. The summed E-state index contributed by atoms with van der Waals surface area (Å²) in [7, 11) is 0. The molecule has 0 bridgehead atoms. The third kappa shape index (κ3) is 7.89. The van der Waals surface area contributed by atoms with Crippen LogP contribution in [-0.2, 0) is 11.2 Å². The van der Waals surface area contributed by atoms with Crippen molar-refractivity contribution < 1.29 is 19.4 Å². The predicted molar refractivity (Wildman–Crippen MR) is 77.3 cm³/mol. The molecule has 0 aliphatic rings. The molecule has 6 heteroatoms. The van der Waals surface area contributed by atoms with Gasteiger partial charge in [-0.3, -0.25) is 4.79 Å². The van der Waals surface area contributed by atoms with E-state index in [1.165, 1.54) is 18.2 Å². The average Bonchev–Trinajstić information content (AvgIpc) is 2.36. The van der Waals surface area contributed by atoms with Crippen molar-refractivity contribution in [1.82, 2.24) is 0 Å². The highest BCUT2D eigenvalue weighted by Gasteiger charge is 2.05. The molecule has 20 heavy (non-hydrogen) atoms. The molecule has 4 N–H and O–H groups in total. The van der Waals surface area contributed by atoms with Crippen LogP contribution in [0.15, 0.2) is 36.4 Å². The largest absolute Gasteiger partial charge is 0.481 e. The number of aliphatic hydroxyl groups excluding tert-OH is 1. The van der Waals surface area contributed by atoms with Crippen LogP contribution in [0.1, 0.15) is 18.4 Å². The summed E-state index contributed by atoms with van der Waals surface area (Å²) in [6.07, 6.45) is 3.10. The third-order valence-electron chi connectivity index (χ3n) is 2.63. The molecule has 112 valence electrons. The number of hydrogen-bond donors (Lipinski definition) is 3. The summed E-state index contributed by atoms with van der Waals surface area (Å²) >= 11 is 0. The van der Waals surface area contributed by atoms with Crippen LogP contribution in [0.3, 0.4) is 0 Å². The van der Waals surface area contributed by atoms with Crippen LogP contribution in [0, 0.1) is 5.82 Å². The van der Waals surface area contributed by atoms with Crippen molar-refractivity contribution in [3.8, 4) is 0 Å². The molecule has 1 aromatic rings. The van der Waals surface area contributed by atoms with E-state index >= 15 is 0 Å². The standard InChI is InChI=1S/C14H18FNO3.ClH/c15-11-3-1-10(2-4-11)9-13(17)7-5-12(16)6-8-14(18)19;/h1-5,7,12-13,17H,6,8-9,16H2,(H,18,19);1H/t12-,13+;/m0./s1. The lowest BCUT2D eigenvalue weighted by atomic mass is 10.1. The maximum absolute atomic E-state index is 12.7. The zero-order valence-corrected chi connectivity index (χ0v) is 11.7. The maximum atomic E-state index is 12.7. The van der Waals surface area contributed by atoms with Crippen LogP contribution in [0.25, 0.3) is 0 Å². The number of carboxylic acids is 1. The van der Waals surface area contributed by atoms with E-state index in [4.69, 9.17) is 10.8 Å². The van der Waals surface area contributed by atoms with Crippen molar-refractivity contribution in [2.75, 3.05) is 0 Å². The average molecular weight is 304 g/mol. The Morgan fingerprint density at radius 3 is 2.45 bits per heavy atom. The molecule has 0 aliphatic heterocycles. The van der Waals surface area contributed by atoms with Gasteiger partial charge in [-0.15, -0.1) is 12.4 Å². The molecule has 0 saturated heterocycles. The molecule has 2 atom stereocenters. The van der Waals surface area contributed by atoms with E-state index in [1.54, 1.807) is 18.2 Å². The van der Waals surface area contributed by atoms with Crippen molar-refractivity contribution >= 4 is 18.4 Å². The van der Waals surface area contributed by atoms with E-state index in [2.05, 4.69) is 0 Å². The van der Waals surface area contributed by atoms with Crippen LogP contribution in [0.2, 0.25) is 0 Å². The number of nitrogens with two attached hydrogens (primary N) is 1. The molecule has 0 fully saturated rings. The van der Waals surface area contributed by atoms with Gasteiger partial charge < -0.3 is 15.9 Å². The van der Waals surface area contributed by atoms with Crippen LogP contribution < -0.4 is 5.73 Å². The van der Waals surface area contributed by atoms with Gasteiger partial charge in [0.25, 0.3) is 0 Å². The maximum Gasteiger partial charge on any atom is 0.303 e. The topological polar surface area (TPSA) is 83.5 Å². The Morgan fingerprint density at radius 1 is 1.30 bits per heavy atom. The van der Waals surface area contributed by atoms with Gasteiger partial charge in [0.2, 0.25) is 0 Å². The Bertz CT molecular complexity index is 437. The number of aliphatic hydroxyl groups is 1. The second kappa shape index (κ2) is 9.47. The van der Waals surface area contributed by atoms with Crippen LogP contribution >= 0.6 is 12.4 Å². The van der Waals surface area contributed by atoms with E-state index in [1.807, 2.05) is 0 Å². The molecule has 0 spiro atoms. The predicted octanol–water partition coefficient (Wildman–Crippen LogP) is 1.90. The van der Waals surface area contributed by atoms with Gasteiger partial charge in [0.1, 0.15) is 5.82 Å². The van der Waals surface area contributed by atoms with Gasteiger partial charge in [0, 0.05) is 18.9 Å². The van der Waals surface area contributed by atoms with Gasteiger partial charge in [-0.05, 0) is 24.1 Å². The lowest BCUT2D eigenvalue weighted by Gasteiger charge is -2.08. The van der Waals surface area contributed by atoms with E-state index in [0.717, 1.165) is 5.56 Å². The first-order valence-electron chi connectivity index (χ1n) is 6.05. The van der Waals surface area contributed by atoms with Gasteiger partial charge in [0.05, 0.1) is 6.10 Å². The zero-order chi connectivity index (χ0) is 14.3. The number of benzene rings is 1. The van der Waals surface area contributed by atoms with E-state index < -0.39 is 12.1 Å². The Morgan fingerprint density at radius 2 is 1.90 bits per heavy atom. The quantitative estimate of drug-likeness (QED) is 0.672. The van der Waals surface area contributed by atoms with Gasteiger partial charge in [-0.25, -0.2) is 4.39 Å². The van der Waals surface area contributed by atoms with E-state index in [-0.39, 0.29) is 30.7 Å². The summed E-state index contributed by atoms with van der Waals surface area (Å²) < 4.78 is 12.7. The van der Waals surface area contributed by atoms with Gasteiger partial charge in [-0.2, -0.15) is 0 Å². The fourth-order valence-electron chi connectivity index (χ4n) is 1.59. The number of rotatable bonds is 7. The van der Waals surface area contributed by atoms with Crippen molar-refractivity contribution in [2.24, 2.45) is 5.73 Å². The van der Waals surface area contributed by atoms with Gasteiger partial charge in [0.15, 0.2) is 0 Å². The van der Waals surface area contributed by atoms with Crippen LogP contribution in [0.5, 0.6) is 0 Å². The molecule has 0 aliphatic carbocycles. The summed E-state index contributed by atoms with van der Waals surface area (Å²) in [5.74, 6) is -1.21. The molecule has 0 heterocycles. The highest BCUT2D eigenvalue weighted by molar-refractivity contribution is 5.85. The zero-order valence-electron chi connectivity index (χ0n) is 10.9. The monoisotopic (exact) mass is 303 g/mol. The molecule has 0 aromatic heterocycles. The summed E-state index contributed by atoms with van der Waals surface area (Å²) in [6, 6.07) is 5.50. The fraction of sp³-hybridized carbons (Fsp3) is 0.357. The molecule has 1 rings (SSSR count). The Balaban J connectivity index is 0.00000361. The van der Waals surface area contributed by atoms with Crippen LogP contribution in [0.4, 0.5) is 4.39 Å². The fourth-order valence-corrected chi connectivity index (χ4v) is 1.59. The smallest absolute Gasteiger partial charge is 0.303 e. The molecule has 4 nitrogen and oxygen atoms in total. The van der Waals surface area contributed by atoms with Crippen molar-refractivity contribution in [1.29, 1.82) is 0 Å². The Labute approximate surface area is 123 Å². The van der Waals surface area contributed by atoms with Crippen molar-refractivity contribution in [2.45, 2.75) is 31.4 Å². The van der Waals surface area contributed by atoms with E-state index in [9.17, 15) is 14.3 Å². The lowest BCUT2D eigenvalue weighted by molar-refractivity contribution is -0.137. The molecular weight excluding hydrogens is 285 g/mol. The summed E-state index contributed by atoms with van der Waals surface area (Å²) in [5.41, 5.74) is 6.49. The first-order valence-corrected chi connectivity index (χ1v) is 6.05. The first-order chi connectivity index (χ1) is 8.97. The number of halogens is 2. The summed E-state index contributed by atoms with van der Waals surface area (Å²) in [6.45, 7) is 0. The van der Waals surface area contributed by atoms with Crippen molar-refractivity contribution in [3.63, 3.8) is 0 Å². The second-order valence-corrected chi connectivity index (χ2v) is 4.38. The minimum Gasteiger partial charge on any atom is -0.481 e. The molecular formula is C14H19ClFNO3.